The van der Waals surface area contributed by atoms with Gasteiger partial charge in [0.25, 0.3) is 0 Å². The Balaban J connectivity index is 2.44. The van der Waals surface area contributed by atoms with Crippen LogP contribution < -0.4 is 0 Å². The Hall–Kier alpha value is 1.33. The zero-order valence-corrected chi connectivity index (χ0v) is 12.5. The molecular weight excluding hydrogens is 388 g/mol. The normalized spacial score (nSPS) is 11.6. The van der Waals surface area contributed by atoms with E-state index in [1.807, 2.05) is 30.3 Å². The molecule has 12 heavy (non-hydrogen) atoms. The number of hydrogen-bond acceptors (Lipinski definition) is 1. The van der Waals surface area contributed by atoms with Gasteiger partial charge in [-0.1, -0.05) is 0 Å². The fraction of sp³-hybridized carbons (Fsp3) is 0.143. The molecule has 0 saturated carbocycles. The van der Waals surface area contributed by atoms with Crippen molar-refractivity contribution in [1.82, 2.24) is 0 Å². The molecule has 0 bridgehead atoms. The summed E-state index contributed by atoms with van der Waals surface area (Å²) in [6.07, 6.45) is 0. The van der Waals surface area contributed by atoms with Gasteiger partial charge in [0, 0.05) is 0 Å². The van der Waals surface area contributed by atoms with Gasteiger partial charge >= 0.3 is 96.0 Å². The van der Waals surface area contributed by atoms with Crippen LogP contribution in [0, 0.1) is 0 Å². The molecule has 0 N–H and O–H groups in total. The first-order chi connectivity index (χ1) is 5.58. The molecule has 1 rings (SSSR count). The summed E-state index contributed by atoms with van der Waals surface area (Å²) in [5.41, 5.74) is 1.19. The summed E-state index contributed by atoms with van der Waals surface area (Å²) in [6, 6.07) is 10.1. The van der Waals surface area contributed by atoms with E-state index in [9.17, 15) is 0 Å². The molecule has 0 aliphatic heterocycles. The van der Waals surface area contributed by atoms with Crippen molar-refractivity contribution in [2.45, 2.75) is 6.61 Å². The van der Waals surface area contributed by atoms with Crippen LogP contribution in [0.2, 0.25) is 0 Å². The Bertz CT molecular complexity index is 234. The van der Waals surface area contributed by atoms with E-state index in [0.717, 1.165) is 0 Å². The summed E-state index contributed by atoms with van der Waals surface area (Å²) in [5, 5.41) is 0. The number of rotatable bonds is 3. The molecular formula is C7H7Br3OTi. The molecule has 1 aromatic rings. The third-order valence-corrected chi connectivity index (χ3v) is 4.81. The van der Waals surface area contributed by atoms with E-state index < -0.39 is 10.7 Å². The molecule has 0 heterocycles. The van der Waals surface area contributed by atoms with E-state index in [1.54, 1.807) is 0 Å². The van der Waals surface area contributed by atoms with Gasteiger partial charge in [-0.2, -0.15) is 0 Å². The monoisotopic (exact) mass is 392 g/mol. The Morgan fingerprint density at radius 2 is 1.67 bits per heavy atom. The van der Waals surface area contributed by atoms with Crippen molar-refractivity contribution < 1.29 is 14.0 Å². The van der Waals surface area contributed by atoms with Crippen molar-refractivity contribution in [3.8, 4) is 0 Å². The van der Waals surface area contributed by atoms with Gasteiger partial charge in [0.2, 0.25) is 0 Å². The maximum atomic E-state index is 5.55. The molecule has 0 spiro atoms. The molecule has 0 atom stereocenters. The second-order valence-electron chi connectivity index (χ2n) is 2.22. The summed E-state index contributed by atoms with van der Waals surface area (Å²) in [4.78, 5) is 0. The molecule has 66 valence electrons. The summed E-state index contributed by atoms with van der Waals surface area (Å²) >= 11 is 10.3. The quantitative estimate of drug-likeness (QED) is 0.698. The Morgan fingerprint density at radius 1 is 1.08 bits per heavy atom. The molecule has 0 fully saturated rings. The van der Waals surface area contributed by atoms with E-state index in [1.165, 1.54) is 5.56 Å². The van der Waals surface area contributed by atoms with Crippen molar-refractivity contribution in [2.75, 3.05) is 0 Å². The van der Waals surface area contributed by atoms with Crippen LogP contribution in [-0.2, 0) is 20.6 Å². The summed E-state index contributed by atoms with van der Waals surface area (Å²) in [5.74, 6) is 0. The van der Waals surface area contributed by atoms with E-state index >= 15 is 0 Å². The van der Waals surface area contributed by atoms with Gasteiger partial charge in [-0.3, -0.25) is 0 Å². The van der Waals surface area contributed by atoms with Gasteiger partial charge in [0.1, 0.15) is 0 Å². The second-order valence-corrected chi connectivity index (χ2v) is 31.0. The predicted octanol–water partition coefficient (Wildman–Crippen LogP) is 4.20. The second kappa shape index (κ2) is 5.27. The van der Waals surface area contributed by atoms with Gasteiger partial charge in [-0.25, -0.2) is 0 Å². The molecule has 0 saturated heterocycles. The topological polar surface area (TPSA) is 9.23 Å². The van der Waals surface area contributed by atoms with Crippen LogP contribution in [0.25, 0.3) is 0 Å². The van der Waals surface area contributed by atoms with Crippen LogP contribution in [-0.4, -0.2) is 0 Å². The molecule has 5 heteroatoms. The van der Waals surface area contributed by atoms with Crippen molar-refractivity contribution in [2.24, 2.45) is 0 Å². The molecule has 0 aliphatic carbocycles. The van der Waals surface area contributed by atoms with Crippen LogP contribution in [0.5, 0.6) is 0 Å². The van der Waals surface area contributed by atoms with E-state index in [2.05, 4.69) is 39.5 Å². The predicted molar refractivity (Wildman–Crippen MR) is 58.0 cm³/mol. The minimum atomic E-state index is -2.36. The zero-order chi connectivity index (χ0) is 9.03. The van der Waals surface area contributed by atoms with Gasteiger partial charge in [-0.05, 0) is 0 Å². The first-order valence-corrected chi connectivity index (χ1v) is 15.5. The molecule has 0 aliphatic rings. The number of benzene rings is 1. The van der Waals surface area contributed by atoms with E-state index in [4.69, 9.17) is 3.32 Å². The molecule has 0 unspecified atom stereocenters. The van der Waals surface area contributed by atoms with Crippen molar-refractivity contribution in [3.63, 3.8) is 0 Å². The van der Waals surface area contributed by atoms with Crippen molar-refractivity contribution >= 4 is 39.5 Å². The summed E-state index contributed by atoms with van der Waals surface area (Å²) < 4.78 is 5.55. The summed E-state index contributed by atoms with van der Waals surface area (Å²) in [7, 11) is -2.36. The van der Waals surface area contributed by atoms with Crippen LogP contribution in [0.15, 0.2) is 30.3 Å². The van der Waals surface area contributed by atoms with Gasteiger partial charge in [0.05, 0.1) is 0 Å². The minimum absolute atomic E-state index is 0.641. The number of hydrogen-bond donors (Lipinski definition) is 0. The molecule has 0 radical (unpaired) electrons. The standard InChI is InChI=1S/C7H7O.3BrH.Ti/c8-6-7-4-2-1-3-5-7;;;;/h1-5H,6H2;3*1H;/q-1;;;;+4/p-3. The Kier molecular flexibility index (Phi) is 5.01. The van der Waals surface area contributed by atoms with E-state index in [-0.39, 0.29) is 0 Å². The van der Waals surface area contributed by atoms with Crippen LogP contribution in [0.3, 0.4) is 0 Å². The first kappa shape index (κ1) is 11.4. The molecule has 1 nitrogen and oxygen atoms in total. The SMILES string of the molecule is [Br][Ti]([Br])([Br])[O]Cc1ccccc1. The first-order valence-electron chi connectivity index (χ1n) is 3.32. The Morgan fingerprint density at radius 3 is 2.17 bits per heavy atom. The average Bonchev–Trinajstić information content (AvgIpc) is 2.02. The average molecular weight is 395 g/mol. The fourth-order valence-electron chi connectivity index (χ4n) is 0.739. The van der Waals surface area contributed by atoms with Gasteiger partial charge in [-0.15, -0.1) is 0 Å². The van der Waals surface area contributed by atoms with Crippen LogP contribution >= 0.6 is 39.5 Å². The van der Waals surface area contributed by atoms with E-state index in [0.29, 0.717) is 6.61 Å². The maximum absolute atomic E-state index is 5.55. The molecule has 1 aromatic carbocycles. The van der Waals surface area contributed by atoms with Crippen molar-refractivity contribution in [3.05, 3.63) is 35.9 Å². The van der Waals surface area contributed by atoms with Crippen LogP contribution in [0.4, 0.5) is 0 Å². The fourth-order valence-corrected chi connectivity index (χ4v) is 2.67. The third kappa shape index (κ3) is 5.15. The van der Waals surface area contributed by atoms with Gasteiger partial charge < -0.3 is 0 Å². The Labute approximate surface area is 94.9 Å². The zero-order valence-electron chi connectivity index (χ0n) is 6.14. The van der Waals surface area contributed by atoms with Gasteiger partial charge in [0.15, 0.2) is 0 Å². The third-order valence-electron chi connectivity index (χ3n) is 1.25. The summed E-state index contributed by atoms with van der Waals surface area (Å²) in [6.45, 7) is 0.641. The molecule has 0 amide bonds. The van der Waals surface area contributed by atoms with Crippen molar-refractivity contribution in [1.29, 1.82) is 0 Å². The molecule has 0 aromatic heterocycles. The number of halogens is 3. The van der Waals surface area contributed by atoms with Crippen LogP contribution in [0.1, 0.15) is 5.56 Å².